The van der Waals surface area contributed by atoms with E-state index in [0.29, 0.717) is 23.7 Å². The first-order valence-electron chi connectivity index (χ1n) is 8.64. The number of hydrogen-bond acceptors (Lipinski definition) is 5. The fourth-order valence-corrected chi connectivity index (χ4v) is 3.63. The Morgan fingerprint density at radius 2 is 1.79 bits per heavy atom. The van der Waals surface area contributed by atoms with E-state index in [1.54, 1.807) is 23.9 Å². The van der Waals surface area contributed by atoms with Gasteiger partial charge in [0.05, 0.1) is 5.69 Å². The molecule has 0 radical (unpaired) electrons. The maximum absolute atomic E-state index is 12.2. The van der Waals surface area contributed by atoms with Gasteiger partial charge in [-0.15, -0.1) is 23.1 Å². The topological polar surface area (TPSA) is 83.1 Å². The van der Waals surface area contributed by atoms with Crippen molar-refractivity contribution in [1.82, 2.24) is 4.98 Å². The Bertz CT molecular complexity index is 944. The molecule has 2 aromatic carbocycles. The number of rotatable bonds is 7. The minimum Gasteiger partial charge on any atom is -0.326 e. The van der Waals surface area contributed by atoms with Crippen molar-refractivity contribution in [1.29, 1.82) is 0 Å². The number of anilines is 3. The lowest BCUT2D eigenvalue weighted by Gasteiger charge is -2.06. The molecule has 144 valence electrons. The highest BCUT2D eigenvalue weighted by atomic mass is 32.2. The van der Waals surface area contributed by atoms with Gasteiger partial charge in [0.2, 0.25) is 5.91 Å². The number of carbonyl (C=O) groups is 2. The molecular formula is C20H20N4O2S2. The highest BCUT2D eigenvalue weighted by molar-refractivity contribution is 7.98. The quantitative estimate of drug-likeness (QED) is 0.473. The van der Waals surface area contributed by atoms with Crippen LogP contribution in [0.4, 0.5) is 21.3 Å². The molecule has 3 N–H and O–H groups in total. The van der Waals surface area contributed by atoms with E-state index in [2.05, 4.69) is 20.9 Å². The molecule has 28 heavy (non-hydrogen) atoms. The van der Waals surface area contributed by atoms with Crippen LogP contribution in [-0.2, 0) is 11.2 Å². The van der Waals surface area contributed by atoms with Crippen molar-refractivity contribution in [2.45, 2.75) is 17.7 Å². The lowest BCUT2D eigenvalue weighted by atomic mass is 10.2. The molecule has 0 aliphatic carbocycles. The fourth-order valence-electron chi connectivity index (χ4n) is 2.43. The van der Waals surface area contributed by atoms with Crippen LogP contribution in [0.2, 0.25) is 0 Å². The average Bonchev–Trinajstić information content (AvgIpc) is 3.14. The van der Waals surface area contributed by atoms with Gasteiger partial charge in [0.1, 0.15) is 0 Å². The van der Waals surface area contributed by atoms with Crippen molar-refractivity contribution in [2.24, 2.45) is 0 Å². The lowest BCUT2D eigenvalue weighted by Crippen LogP contribution is -2.19. The number of hydrogen-bond donors (Lipinski definition) is 3. The molecule has 0 aliphatic rings. The van der Waals surface area contributed by atoms with Gasteiger partial charge in [-0.3, -0.25) is 10.1 Å². The van der Waals surface area contributed by atoms with E-state index in [1.807, 2.05) is 54.1 Å². The molecular weight excluding hydrogens is 392 g/mol. The van der Waals surface area contributed by atoms with Crippen LogP contribution in [0.5, 0.6) is 0 Å². The number of thioether (sulfide) groups is 1. The molecule has 8 heteroatoms. The molecule has 0 fully saturated rings. The van der Waals surface area contributed by atoms with E-state index in [0.717, 1.165) is 16.3 Å². The van der Waals surface area contributed by atoms with Gasteiger partial charge in [-0.2, -0.15) is 0 Å². The Labute approximate surface area is 171 Å². The molecule has 3 rings (SSSR count). The molecule has 0 aliphatic heterocycles. The summed E-state index contributed by atoms with van der Waals surface area (Å²) in [6.07, 6.45) is 2.82. The standard InChI is InChI=1S/C20H20N4O2S2/c1-27-17-9-5-8-15(12-17)21-18(25)11-10-16-13-28-20(23-16)24-19(26)22-14-6-3-2-4-7-14/h2-9,12-13H,10-11H2,1H3,(H,21,25)(H2,22,23,24,26). The third-order valence-electron chi connectivity index (χ3n) is 3.77. The van der Waals surface area contributed by atoms with Crippen LogP contribution in [0.1, 0.15) is 12.1 Å². The fraction of sp³-hybridized carbons (Fsp3) is 0.150. The van der Waals surface area contributed by atoms with Crippen molar-refractivity contribution >= 4 is 51.5 Å². The molecule has 0 unspecified atom stereocenters. The number of carbonyl (C=O) groups excluding carboxylic acids is 2. The van der Waals surface area contributed by atoms with Crippen LogP contribution in [0.3, 0.4) is 0 Å². The normalized spacial score (nSPS) is 10.3. The second kappa shape index (κ2) is 9.91. The van der Waals surface area contributed by atoms with Gasteiger partial charge in [-0.25, -0.2) is 9.78 Å². The average molecular weight is 413 g/mol. The minimum absolute atomic E-state index is 0.0671. The van der Waals surface area contributed by atoms with E-state index in [4.69, 9.17) is 0 Å². The van der Waals surface area contributed by atoms with E-state index in [9.17, 15) is 9.59 Å². The zero-order valence-corrected chi connectivity index (χ0v) is 16.9. The third-order valence-corrected chi connectivity index (χ3v) is 5.30. The number of urea groups is 1. The number of amides is 3. The van der Waals surface area contributed by atoms with E-state index < -0.39 is 0 Å². The number of para-hydroxylation sites is 1. The zero-order chi connectivity index (χ0) is 19.8. The van der Waals surface area contributed by atoms with Crippen molar-refractivity contribution in [3.8, 4) is 0 Å². The SMILES string of the molecule is CSc1cccc(NC(=O)CCc2csc(NC(=O)Nc3ccccc3)n2)c1. The van der Waals surface area contributed by atoms with Gasteiger partial charge in [-0.05, 0) is 43.0 Å². The first-order valence-corrected chi connectivity index (χ1v) is 10.7. The van der Waals surface area contributed by atoms with Gasteiger partial charge < -0.3 is 10.6 Å². The number of aryl methyl sites for hydroxylation is 1. The summed E-state index contributed by atoms with van der Waals surface area (Å²) in [5.74, 6) is -0.0671. The first-order chi connectivity index (χ1) is 13.6. The van der Waals surface area contributed by atoms with Gasteiger partial charge in [0.15, 0.2) is 5.13 Å². The van der Waals surface area contributed by atoms with Crippen molar-refractivity contribution in [2.75, 3.05) is 22.2 Å². The summed E-state index contributed by atoms with van der Waals surface area (Å²) in [6.45, 7) is 0. The van der Waals surface area contributed by atoms with Crippen LogP contribution in [0, 0.1) is 0 Å². The lowest BCUT2D eigenvalue weighted by molar-refractivity contribution is -0.116. The van der Waals surface area contributed by atoms with Gasteiger partial charge in [-0.1, -0.05) is 24.3 Å². The molecule has 3 aromatic rings. The van der Waals surface area contributed by atoms with Gasteiger partial charge in [0, 0.05) is 28.1 Å². The predicted molar refractivity (Wildman–Crippen MR) is 116 cm³/mol. The summed E-state index contributed by atoms with van der Waals surface area (Å²) in [6, 6.07) is 16.6. The zero-order valence-electron chi connectivity index (χ0n) is 15.3. The molecule has 0 saturated heterocycles. The Morgan fingerprint density at radius 3 is 2.57 bits per heavy atom. The Kier molecular flexibility index (Phi) is 7.05. The molecule has 1 heterocycles. The van der Waals surface area contributed by atoms with Crippen LogP contribution in [0.25, 0.3) is 0 Å². The molecule has 0 bridgehead atoms. The van der Waals surface area contributed by atoms with Gasteiger partial charge in [0.25, 0.3) is 0 Å². The number of benzene rings is 2. The number of nitrogens with zero attached hydrogens (tertiary/aromatic N) is 1. The summed E-state index contributed by atoms with van der Waals surface area (Å²) >= 11 is 2.96. The molecule has 1 aromatic heterocycles. The molecule has 6 nitrogen and oxygen atoms in total. The van der Waals surface area contributed by atoms with E-state index in [1.165, 1.54) is 11.3 Å². The summed E-state index contributed by atoms with van der Waals surface area (Å²) in [5, 5.41) is 10.7. The second-order valence-corrected chi connectivity index (χ2v) is 7.61. The predicted octanol–water partition coefficient (Wildman–Crippen LogP) is 5.08. The second-order valence-electron chi connectivity index (χ2n) is 5.87. The Hall–Kier alpha value is -2.84. The maximum Gasteiger partial charge on any atom is 0.325 e. The first kappa shape index (κ1) is 19.9. The summed E-state index contributed by atoms with van der Waals surface area (Å²) < 4.78 is 0. The van der Waals surface area contributed by atoms with Crippen molar-refractivity contribution < 1.29 is 9.59 Å². The Balaban J connectivity index is 1.46. The maximum atomic E-state index is 12.2. The van der Waals surface area contributed by atoms with Gasteiger partial charge >= 0.3 is 6.03 Å². The van der Waals surface area contributed by atoms with Crippen LogP contribution >= 0.6 is 23.1 Å². The highest BCUT2D eigenvalue weighted by Crippen LogP contribution is 2.20. The third kappa shape index (κ3) is 6.11. The van der Waals surface area contributed by atoms with Crippen LogP contribution in [-0.4, -0.2) is 23.2 Å². The summed E-state index contributed by atoms with van der Waals surface area (Å²) in [7, 11) is 0. The highest BCUT2D eigenvalue weighted by Gasteiger charge is 2.09. The molecule has 3 amide bonds. The molecule has 0 saturated carbocycles. The van der Waals surface area contributed by atoms with Crippen LogP contribution in [0.15, 0.2) is 64.9 Å². The number of thiazole rings is 1. The minimum atomic E-state index is -0.349. The monoisotopic (exact) mass is 412 g/mol. The molecule has 0 atom stereocenters. The van der Waals surface area contributed by atoms with Crippen molar-refractivity contribution in [3.63, 3.8) is 0 Å². The number of nitrogens with one attached hydrogen (secondary N) is 3. The van der Waals surface area contributed by atoms with Crippen molar-refractivity contribution in [3.05, 3.63) is 65.7 Å². The van der Waals surface area contributed by atoms with Crippen LogP contribution < -0.4 is 16.0 Å². The van der Waals surface area contributed by atoms with E-state index >= 15 is 0 Å². The smallest absolute Gasteiger partial charge is 0.325 e. The molecule has 0 spiro atoms. The number of aromatic nitrogens is 1. The summed E-state index contributed by atoms with van der Waals surface area (Å²) in [5.41, 5.74) is 2.27. The summed E-state index contributed by atoms with van der Waals surface area (Å²) in [4.78, 5) is 29.6. The van der Waals surface area contributed by atoms with E-state index in [-0.39, 0.29) is 11.9 Å². The largest absolute Gasteiger partial charge is 0.326 e. The Morgan fingerprint density at radius 1 is 1.00 bits per heavy atom.